The van der Waals surface area contributed by atoms with Gasteiger partial charge in [-0.1, -0.05) is 5.16 Å². The van der Waals surface area contributed by atoms with Gasteiger partial charge >= 0.3 is 0 Å². The Kier molecular flexibility index (Phi) is 4.65. The lowest BCUT2D eigenvalue weighted by molar-refractivity contribution is -0.108. The predicted octanol–water partition coefficient (Wildman–Crippen LogP) is 0.781. The lowest BCUT2D eigenvalue weighted by Crippen LogP contribution is -2.53. The molecule has 2 saturated heterocycles. The molecule has 110 valence electrons. The van der Waals surface area contributed by atoms with Crippen molar-refractivity contribution >= 4 is 5.84 Å². The zero-order valence-corrected chi connectivity index (χ0v) is 11.8. The van der Waals surface area contributed by atoms with Crippen molar-refractivity contribution in [2.75, 3.05) is 26.4 Å². The largest absolute Gasteiger partial charge is 0.409 e. The molecule has 0 amide bonds. The third kappa shape index (κ3) is 3.38. The van der Waals surface area contributed by atoms with Gasteiger partial charge < -0.3 is 20.4 Å². The van der Waals surface area contributed by atoms with Crippen molar-refractivity contribution in [1.29, 1.82) is 0 Å². The summed E-state index contributed by atoms with van der Waals surface area (Å²) in [4.78, 5) is 2.29. The minimum Gasteiger partial charge on any atom is -0.409 e. The smallest absolute Gasteiger partial charge is 0.153 e. The highest BCUT2D eigenvalue weighted by molar-refractivity contribution is 5.81. The Balaban J connectivity index is 2.04. The second-order valence-corrected chi connectivity index (χ2v) is 5.84. The fourth-order valence-corrected chi connectivity index (χ4v) is 3.10. The van der Waals surface area contributed by atoms with Crippen molar-refractivity contribution in [3.05, 3.63) is 0 Å². The second-order valence-electron chi connectivity index (χ2n) is 5.84. The Morgan fingerprint density at radius 2 is 2.32 bits per heavy atom. The Bertz CT molecular complexity index is 327. The van der Waals surface area contributed by atoms with E-state index in [2.05, 4.69) is 23.9 Å². The lowest BCUT2D eigenvalue weighted by Gasteiger charge is -2.43. The van der Waals surface area contributed by atoms with Gasteiger partial charge in [-0.15, -0.1) is 0 Å². The summed E-state index contributed by atoms with van der Waals surface area (Å²) in [6.45, 7) is 7.01. The Morgan fingerprint density at radius 1 is 1.53 bits per heavy atom. The maximum Gasteiger partial charge on any atom is 0.153 e. The molecular formula is C13H25N3O3. The highest BCUT2D eigenvalue weighted by Gasteiger charge is 2.42. The summed E-state index contributed by atoms with van der Waals surface area (Å²) < 4.78 is 11.5. The zero-order valence-electron chi connectivity index (χ0n) is 11.8. The van der Waals surface area contributed by atoms with E-state index >= 15 is 0 Å². The maximum atomic E-state index is 8.76. The molecule has 2 heterocycles. The van der Waals surface area contributed by atoms with Gasteiger partial charge in [0.25, 0.3) is 0 Å². The molecule has 19 heavy (non-hydrogen) atoms. The van der Waals surface area contributed by atoms with E-state index < -0.39 is 0 Å². The molecule has 3 N–H and O–H groups in total. The second kappa shape index (κ2) is 6.07. The summed E-state index contributed by atoms with van der Waals surface area (Å²) in [5, 5.41) is 11.9. The van der Waals surface area contributed by atoms with E-state index in [0.717, 1.165) is 32.5 Å². The molecule has 2 unspecified atom stereocenters. The number of amidine groups is 1. The molecule has 0 saturated carbocycles. The first-order chi connectivity index (χ1) is 9.06. The first-order valence-electron chi connectivity index (χ1n) is 7.00. The van der Waals surface area contributed by atoms with Gasteiger partial charge in [-0.2, -0.15) is 0 Å². The number of oxime groups is 1. The molecule has 0 aromatic rings. The fourth-order valence-electron chi connectivity index (χ4n) is 3.10. The Hall–Kier alpha value is -0.850. The molecule has 6 nitrogen and oxygen atoms in total. The summed E-state index contributed by atoms with van der Waals surface area (Å²) in [6, 6.07) is 0.749. The summed E-state index contributed by atoms with van der Waals surface area (Å²) in [5.41, 5.74) is 5.56. The number of nitrogens with two attached hydrogens (primary N) is 1. The minimum absolute atomic E-state index is 0.110. The molecule has 2 atom stereocenters. The third-order valence-electron chi connectivity index (χ3n) is 4.14. The van der Waals surface area contributed by atoms with Crippen molar-refractivity contribution in [2.24, 2.45) is 10.9 Å². The molecule has 0 aromatic carbocycles. The van der Waals surface area contributed by atoms with Crippen LogP contribution in [0.4, 0.5) is 0 Å². The number of nitrogens with zero attached hydrogens (tertiary/aromatic N) is 2. The van der Waals surface area contributed by atoms with Gasteiger partial charge in [0.2, 0.25) is 0 Å². The van der Waals surface area contributed by atoms with E-state index in [0.29, 0.717) is 25.2 Å². The molecular weight excluding hydrogens is 246 g/mol. The van der Waals surface area contributed by atoms with Crippen LogP contribution in [0, 0.1) is 0 Å². The fraction of sp³-hybridized carbons (Fsp3) is 0.923. The molecule has 2 fully saturated rings. The van der Waals surface area contributed by atoms with Crippen molar-refractivity contribution < 1.29 is 14.7 Å². The minimum atomic E-state index is -0.110. The van der Waals surface area contributed by atoms with Crippen molar-refractivity contribution in [3.8, 4) is 0 Å². The molecule has 2 aliphatic heterocycles. The van der Waals surface area contributed by atoms with E-state index in [9.17, 15) is 0 Å². The standard InChI is InChI=1S/C13H25N3O3/c1-10(2)16(8-12(14)15-17)11-3-5-19-13(7-11)4-6-18-9-13/h10-11,17H,3-9H2,1-2H3,(H2,14,15). The van der Waals surface area contributed by atoms with Crippen LogP contribution in [0.25, 0.3) is 0 Å². The van der Waals surface area contributed by atoms with Gasteiger partial charge in [-0.25, -0.2) is 0 Å². The molecule has 2 rings (SSSR count). The first kappa shape index (κ1) is 14.6. The van der Waals surface area contributed by atoms with Crippen LogP contribution in [-0.2, 0) is 9.47 Å². The van der Waals surface area contributed by atoms with Crippen LogP contribution in [0.15, 0.2) is 5.16 Å². The van der Waals surface area contributed by atoms with Crippen LogP contribution in [-0.4, -0.2) is 60.0 Å². The molecule has 1 spiro atoms. The maximum absolute atomic E-state index is 8.76. The van der Waals surface area contributed by atoms with E-state index in [1.807, 2.05) is 0 Å². The molecule has 0 aliphatic carbocycles. The first-order valence-corrected chi connectivity index (χ1v) is 7.00. The summed E-state index contributed by atoms with van der Waals surface area (Å²) in [5.74, 6) is 0.261. The SMILES string of the molecule is CC(C)N(CC(N)=NO)C1CCOC2(CCOC2)C1. The van der Waals surface area contributed by atoms with Gasteiger partial charge in [0, 0.05) is 31.7 Å². The van der Waals surface area contributed by atoms with E-state index in [1.54, 1.807) is 0 Å². The van der Waals surface area contributed by atoms with Crippen LogP contribution in [0.5, 0.6) is 0 Å². The van der Waals surface area contributed by atoms with E-state index in [1.165, 1.54) is 0 Å². The predicted molar refractivity (Wildman–Crippen MR) is 72.4 cm³/mol. The number of rotatable bonds is 4. The number of hydrogen-bond donors (Lipinski definition) is 2. The van der Waals surface area contributed by atoms with Crippen molar-refractivity contribution in [1.82, 2.24) is 4.90 Å². The summed E-state index contributed by atoms with van der Waals surface area (Å²) in [7, 11) is 0. The lowest BCUT2D eigenvalue weighted by atomic mass is 9.88. The van der Waals surface area contributed by atoms with Gasteiger partial charge in [0.15, 0.2) is 5.84 Å². The van der Waals surface area contributed by atoms with Gasteiger partial charge in [-0.3, -0.25) is 4.90 Å². The van der Waals surface area contributed by atoms with E-state index in [4.69, 9.17) is 20.4 Å². The summed E-state index contributed by atoms with van der Waals surface area (Å²) in [6.07, 6.45) is 2.92. The average molecular weight is 271 g/mol. The van der Waals surface area contributed by atoms with Crippen molar-refractivity contribution in [3.63, 3.8) is 0 Å². The van der Waals surface area contributed by atoms with Crippen LogP contribution in [0.3, 0.4) is 0 Å². The molecule has 2 aliphatic rings. The van der Waals surface area contributed by atoms with Crippen LogP contribution in [0.1, 0.15) is 33.1 Å². The monoisotopic (exact) mass is 271 g/mol. The Morgan fingerprint density at radius 3 is 2.89 bits per heavy atom. The Labute approximate surface area is 114 Å². The highest BCUT2D eigenvalue weighted by atomic mass is 16.6. The third-order valence-corrected chi connectivity index (χ3v) is 4.14. The molecule has 0 radical (unpaired) electrons. The number of hydrogen-bond acceptors (Lipinski definition) is 5. The molecule has 0 bridgehead atoms. The highest BCUT2D eigenvalue weighted by Crippen LogP contribution is 2.35. The quantitative estimate of drug-likeness (QED) is 0.342. The van der Waals surface area contributed by atoms with Crippen LogP contribution >= 0.6 is 0 Å². The average Bonchev–Trinajstić information content (AvgIpc) is 2.83. The zero-order chi connectivity index (χ0) is 13.9. The van der Waals surface area contributed by atoms with Crippen LogP contribution < -0.4 is 5.73 Å². The summed E-state index contributed by atoms with van der Waals surface area (Å²) >= 11 is 0. The topological polar surface area (TPSA) is 80.3 Å². The van der Waals surface area contributed by atoms with Crippen LogP contribution in [0.2, 0.25) is 0 Å². The molecule has 6 heteroatoms. The van der Waals surface area contributed by atoms with E-state index in [-0.39, 0.29) is 11.4 Å². The number of ether oxygens (including phenoxy) is 2. The van der Waals surface area contributed by atoms with Crippen molar-refractivity contribution in [2.45, 2.75) is 50.8 Å². The van der Waals surface area contributed by atoms with Gasteiger partial charge in [0.05, 0.1) is 18.8 Å². The molecule has 0 aromatic heterocycles. The normalized spacial score (nSPS) is 32.6. The van der Waals surface area contributed by atoms with Gasteiger partial charge in [0.1, 0.15) is 0 Å². The van der Waals surface area contributed by atoms with Gasteiger partial charge in [-0.05, 0) is 26.7 Å².